The van der Waals surface area contributed by atoms with Crippen molar-refractivity contribution in [1.82, 2.24) is 0 Å². The second kappa shape index (κ2) is 8.76. The van der Waals surface area contributed by atoms with Gasteiger partial charge in [-0.3, -0.25) is 4.79 Å². The topological polar surface area (TPSA) is 17.1 Å². The minimum Gasteiger partial charge on any atom is -0.299 e. The van der Waals surface area contributed by atoms with E-state index >= 15 is 0 Å². The molecular formula is C11H26O. The standard InChI is InChI=1S/C9H18O.2CH4/c1-7(2)5-6-9(10)8(3)4;;/h7-8H,5-6H2,1-4H3;2*1H4. The molecule has 0 aliphatic heterocycles. The fourth-order valence-corrected chi connectivity index (χ4v) is 0.720. The average molecular weight is 174 g/mol. The van der Waals surface area contributed by atoms with E-state index in [1.165, 1.54) is 0 Å². The number of hydrogen-bond acceptors (Lipinski definition) is 1. The van der Waals surface area contributed by atoms with Crippen LogP contribution >= 0.6 is 0 Å². The Morgan fingerprint density at radius 3 is 1.75 bits per heavy atom. The molecule has 12 heavy (non-hydrogen) atoms. The van der Waals surface area contributed by atoms with Crippen molar-refractivity contribution >= 4 is 5.78 Å². The monoisotopic (exact) mass is 174 g/mol. The van der Waals surface area contributed by atoms with Gasteiger partial charge in [-0.15, -0.1) is 0 Å². The van der Waals surface area contributed by atoms with Crippen LogP contribution in [-0.2, 0) is 4.79 Å². The van der Waals surface area contributed by atoms with Crippen molar-refractivity contribution in [2.45, 2.75) is 55.4 Å². The van der Waals surface area contributed by atoms with Gasteiger partial charge in [0.05, 0.1) is 0 Å². The summed E-state index contributed by atoms with van der Waals surface area (Å²) < 4.78 is 0. The lowest BCUT2D eigenvalue weighted by atomic mass is 10.00. The number of carbonyl (C=O) groups excluding carboxylic acids is 1. The zero-order chi connectivity index (χ0) is 8.15. The molecule has 0 aromatic rings. The molecule has 1 nitrogen and oxygen atoms in total. The molecule has 0 aliphatic carbocycles. The van der Waals surface area contributed by atoms with Crippen LogP contribution in [0.15, 0.2) is 0 Å². The van der Waals surface area contributed by atoms with Gasteiger partial charge in [-0.2, -0.15) is 0 Å². The Hall–Kier alpha value is -0.330. The molecule has 0 spiro atoms. The van der Waals surface area contributed by atoms with Crippen molar-refractivity contribution in [3.05, 3.63) is 0 Å². The fourth-order valence-electron chi connectivity index (χ4n) is 0.720. The molecule has 0 amide bonds. The fraction of sp³-hybridized carbons (Fsp3) is 0.909. The van der Waals surface area contributed by atoms with E-state index in [0.29, 0.717) is 11.7 Å². The van der Waals surface area contributed by atoms with Crippen LogP contribution in [0, 0.1) is 11.8 Å². The van der Waals surface area contributed by atoms with Crippen LogP contribution in [0.25, 0.3) is 0 Å². The molecule has 0 rings (SSSR count). The van der Waals surface area contributed by atoms with Crippen molar-refractivity contribution in [1.29, 1.82) is 0 Å². The number of hydrogen-bond donors (Lipinski definition) is 0. The predicted octanol–water partition coefficient (Wildman–Crippen LogP) is 3.92. The lowest BCUT2D eigenvalue weighted by Gasteiger charge is -2.05. The van der Waals surface area contributed by atoms with Crippen molar-refractivity contribution in [2.75, 3.05) is 0 Å². The predicted molar refractivity (Wildman–Crippen MR) is 57.4 cm³/mol. The maximum atomic E-state index is 11.0. The van der Waals surface area contributed by atoms with E-state index in [1.807, 2.05) is 13.8 Å². The van der Waals surface area contributed by atoms with E-state index in [2.05, 4.69) is 13.8 Å². The Morgan fingerprint density at radius 2 is 1.50 bits per heavy atom. The number of carbonyl (C=O) groups is 1. The molecule has 0 radical (unpaired) electrons. The molecule has 1 heteroatoms. The average Bonchev–Trinajstić information content (AvgIpc) is 1.82. The quantitative estimate of drug-likeness (QED) is 0.631. The van der Waals surface area contributed by atoms with Gasteiger partial charge in [0, 0.05) is 12.3 Å². The zero-order valence-corrected chi connectivity index (χ0v) is 7.48. The lowest BCUT2D eigenvalue weighted by molar-refractivity contribution is -0.122. The molecule has 0 N–H and O–H groups in total. The SMILES string of the molecule is C.C.CC(C)CCC(=O)C(C)C. The van der Waals surface area contributed by atoms with E-state index in [9.17, 15) is 4.79 Å². The van der Waals surface area contributed by atoms with Gasteiger partial charge in [0.1, 0.15) is 5.78 Å². The van der Waals surface area contributed by atoms with Crippen molar-refractivity contribution in [2.24, 2.45) is 11.8 Å². The molecular weight excluding hydrogens is 148 g/mol. The summed E-state index contributed by atoms with van der Waals surface area (Å²) in [6.45, 7) is 8.21. The van der Waals surface area contributed by atoms with E-state index in [4.69, 9.17) is 0 Å². The Labute approximate surface area is 78.6 Å². The third kappa shape index (κ3) is 9.67. The summed E-state index contributed by atoms with van der Waals surface area (Å²) in [5.74, 6) is 1.27. The first-order valence-corrected chi connectivity index (χ1v) is 4.06. The van der Waals surface area contributed by atoms with Gasteiger partial charge in [-0.25, -0.2) is 0 Å². The van der Waals surface area contributed by atoms with Gasteiger partial charge in [-0.1, -0.05) is 42.5 Å². The summed E-state index contributed by atoms with van der Waals surface area (Å²) in [7, 11) is 0. The van der Waals surface area contributed by atoms with Gasteiger partial charge in [-0.05, 0) is 12.3 Å². The largest absolute Gasteiger partial charge is 0.299 e. The first-order valence-electron chi connectivity index (χ1n) is 4.06. The molecule has 0 bridgehead atoms. The highest BCUT2D eigenvalue weighted by atomic mass is 16.1. The van der Waals surface area contributed by atoms with Crippen LogP contribution in [0.2, 0.25) is 0 Å². The molecule has 0 atom stereocenters. The molecule has 0 saturated heterocycles. The third-order valence-corrected chi connectivity index (χ3v) is 1.61. The summed E-state index contributed by atoms with van der Waals surface area (Å²) in [5, 5.41) is 0. The Bertz CT molecular complexity index is 104. The Balaban J connectivity index is -0.000000405. The zero-order valence-electron chi connectivity index (χ0n) is 7.48. The first-order chi connectivity index (χ1) is 4.54. The first kappa shape index (κ1) is 17.7. The third-order valence-electron chi connectivity index (χ3n) is 1.61. The van der Waals surface area contributed by atoms with E-state index in [1.54, 1.807) is 0 Å². The normalized spacial score (nSPS) is 9.17. The maximum absolute atomic E-state index is 11.0. The van der Waals surface area contributed by atoms with Crippen molar-refractivity contribution in [3.63, 3.8) is 0 Å². The minimum absolute atomic E-state index is 0. The summed E-state index contributed by atoms with van der Waals surface area (Å²) in [6.07, 6.45) is 1.80. The minimum atomic E-state index is 0. The highest BCUT2D eigenvalue weighted by molar-refractivity contribution is 5.80. The van der Waals surface area contributed by atoms with Crippen molar-refractivity contribution in [3.8, 4) is 0 Å². The summed E-state index contributed by atoms with van der Waals surface area (Å²) >= 11 is 0. The maximum Gasteiger partial charge on any atom is 0.135 e. The van der Waals surface area contributed by atoms with Gasteiger partial charge in [0.2, 0.25) is 0 Å². The molecule has 0 aliphatic rings. The number of Topliss-reactive ketones (excluding diaryl/α,β-unsaturated/α-hetero) is 1. The van der Waals surface area contributed by atoms with Crippen molar-refractivity contribution < 1.29 is 4.79 Å². The smallest absolute Gasteiger partial charge is 0.135 e. The molecule has 0 fully saturated rings. The summed E-state index contributed by atoms with van der Waals surface area (Å²) in [5.41, 5.74) is 0. The van der Waals surface area contributed by atoms with Gasteiger partial charge < -0.3 is 0 Å². The molecule has 0 heterocycles. The second-order valence-corrected chi connectivity index (χ2v) is 3.55. The highest BCUT2D eigenvalue weighted by Crippen LogP contribution is 2.07. The van der Waals surface area contributed by atoms with Crippen LogP contribution in [0.1, 0.15) is 55.4 Å². The van der Waals surface area contributed by atoms with E-state index in [0.717, 1.165) is 12.8 Å². The van der Waals surface area contributed by atoms with Gasteiger partial charge >= 0.3 is 0 Å². The van der Waals surface area contributed by atoms with Crippen LogP contribution < -0.4 is 0 Å². The molecule has 0 aromatic heterocycles. The lowest BCUT2D eigenvalue weighted by Crippen LogP contribution is -2.07. The van der Waals surface area contributed by atoms with Crippen LogP contribution in [0.3, 0.4) is 0 Å². The van der Waals surface area contributed by atoms with Crippen LogP contribution in [0.5, 0.6) is 0 Å². The molecule has 76 valence electrons. The molecule has 0 unspecified atom stereocenters. The second-order valence-electron chi connectivity index (χ2n) is 3.55. The van der Waals surface area contributed by atoms with Gasteiger partial charge in [0.15, 0.2) is 0 Å². The number of ketones is 1. The van der Waals surface area contributed by atoms with Crippen LogP contribution in [0.4, 0.5) is 0 Å². The van der Waals surface area contributed by atoms with E-state index < -0.39 is 0 Å². The van der Waals surface area contributed by atoms with Gasteiger partial charge in [0.25, 0.3) is 0 Å². The summed E-state index contributed by atoms with van der Waals surface area (Å²) in [4.78, 5) is 11.0. The van der Waals surface area contributed by atoms with E-state index in [-0.39, 0.29) is 20.8 Å². The molecule has 0 saturated carbocycles. The summed E-state index contributed by atoms with van der Waals surface area (Å²) in [6, 6.07) is 0. The Kier molecular flexibility index (Phi) is 12.9. The van der Waals surface area contributed by atoms with Crippen LogP contribution in [-0.4, -0.2) is 5.78 Å². The Morgan fingerprint density at radius 1 is 1.08 bits per heavy atom. The molecule has 0 aromatic carbocycles. The number of rotatable bonds is 4. The highest BCUT2D eigenvalue weighted by Gasteiger charge is 2.06.